The van der Waals surface area contributed by atoms with Crippen molar-refractivity contribution >= 4 is 18.0 Å². The summed E-state index contributed by atoms with van der Waals surface area (Å²) < 4.78 is 25.9. The zero-order chi connectivity index (χ0) is 33.1. The second-order valence-corrected chi connectivity index (χ2v) is 15.4. The van der Waals surface area contributed by atoms with Gasteiger partial charge in [-0.05, 0) is 98.6 Å². The number of allylic oxidation sites excluding steroid dienone is 4. The number of Topliss-reactive ketones (excluding diaryl/α,β-unsaturated/α-hetero) is 2. The minimum Gasteiger partial charge on any atom is -0.507 e. The van der Waals surface area contributed by atoms with E-state index in [0.29, 0.717) is 48.2 Å². The lowest BCUT2D eigenvalue weighted by molar-refractivity contribution is -0.160. The summed E-state index contributed by atoms with van der Waals surface area (Å²) in [6, 6.07) is 0. The summed E-state index contributed by atoms with van der Waals surface area (Å²) >= 11 is 0. The second kappa shape index (κ2) is 9.93. The molecule has 1 spiro atoms. The molecule has 46 heavy (non-hydrogen) atoms. The summed E-state index contributed by atoms with van der Waals surface area (Å²) in [5, 5.41) is 12.2. The molecule has 5 unspecified atom stereocenters. The summed E-state index contributed by atoms with van der Waals surface area (Å²) in [7, 11) is 0. The van der Waals surface area contributed by atoms with E-state index in [1.807, 2.05) is 34.6 Å². The van der Waals surface area contributed by atoms with Gasteiger partial charge in [0.05, 0.1) is 5.60 Å². The molecule has 8 atom stereocenters. The zero-order valence-electron chi connectivity index (χ0n) is 27.8. The summed E-state index contributed by atoms with van der Waals surface area (Å²) in [6.07, 6.45) is 9.74. The van der Waals surface area contributed by atoms with Gasteiger partial charge in [0.25, 0.3) is 6.47 Å². The SMILES string of the molecule is C=C(C)[C@@H]1CC[C@@]2(C)CC1c1c(O)c3c(c(CC=C(C)C)c1O2)O[C@]12C(=CC4CC1C(C)(C)OC2(C=CC(C)OC=O)C4=O)C3=O. The lowest BCUT2D eigenvalue weighted by Crippen LogP contribution is -2.71. The molecule has 7 aliphatic rings. The molecule has 0 amide bonds. The maximum atomic E-state index is 15.0. The third-order valence-corrected chi connectivity index (χ3v) is 11.6. The first-order chi connectivity index (χ1) is 21.6. The molecule has 0 radical (unpaired) electrons. The molecule has 8 heteroatoms. The molecule has 1 N–H and O–H groups in total. The first-order valence-corrected chi connectivity index (χ1v) is 16.5. The van der Waals surface area contributed by atoms with Crippen molar-refractivity contribution in [2.75, 3.05) is 0 Å². The first kappa shape index (κ1) is 31.0. The molecule has 3 fully saturated rings. The van der Waals surface area contributed by atoms with Crippen molar-refractivity contribution in [2.45, 2.75) is 115 Å². The minimum atomic E-state index is -1.64. The van der Waals surface area contributed by atoms with Crippen LogP contribution in [0.2, 0.25) is 0 Å². The number of phenols is 1. The maximum absolute atomic E-state index is 15.0. The van der Waals surface area contributed by atoms with E-state index >= 15 is 0 Å². The minimum absolute atomic E-state index is 0.0650. The van der Waals surface area contributed by atoms with Crippen molar-refractivity contribution in [3.05, 3.63) is 64.3 Å². The normalized spacial score (nSPS) is 36.5. The number of hydrogen-bond acceptors (Lipinski definition) is 8. The Morgan fingerprint density at radius 2 is 1.91 bits per heavy atom. The Labute approximate surface area is 270 Å². The standard InChI is InChI=1S/C38H44O8/c1-19(2)9-10-24-32-28(25-17-36(8,44-32)13-12-23(25)20(3)4)31(41)29-30(40)26-15-22-16-27-35(6,7)46-37(34(22)42,14-11-21(5)43-18-39)38(26,27)45-33(24)29/h9,11,14-15,18,21-23,25,27,41H,3,10,12-13,16-17H2,1-2,4-8H3/t21?,22?,23-,25?,27?,36-,37?,38+/m0/s1. The van der Waals surface area contributed by atoms with Crippen LogP contribution >= 0.6 is 0 Å². The predicted octanol–water partition coefficient (Wildman–Crippen LogP) is 6.64. The van der Waals surface area contributed by atoms with Crippen LogP contribution in [0, 0.1) is 17.8 Å². The Balaban J connectivity index is 1.52. The molecule has 3 heterocycles. The van der Waals surface area contributed by atoms with Gasteiger partial charge in [0.2, 0.25) is 0 Å². The number of benzene rings is 1. The molecule has 6 bridgehead atoms. The number of hydrogen-bond donors (Lipinski definition) is 1. The highest BCUT2D eigenvalue weighted by Crippen LogP contribution is 2.69. The van der Waals surface area contributed by atoms with Gasteiger partial charge < -0.3 is 24.1 Å². The van der Waals surface area contributed by atoms with Crippen LogP contribution in [0.3, 0.4) is 0 Å². The topological polar surface area (TPSA) is 108 Å². The van der Waals surface area contributed by atoms with Crippen LogP contribution in [0.4, 0.5) is 0 Å². The van der Waals surface area contributed by atoms with Gasteiger partial charge in [-0.25, -0.2) is 0 Å². The van der Waals surface area contributed by atoms with Gasteiger partial charge in [0.1, 0.15) is 34.5 Å². The molecule has 3 aliphatic heterocycles. The van der Waals surface area contributed by atoms with Crippen LogP contribution < -0.4 is 9.47 Å². The molecular weight excluding hydrogens is 584 g/mol. The molecule has 2 saturated carbocycles. The van der Waals surface area contributed by atoms with Crippen molar-refractivity contribution in [3.63, 3.8) is 0 Å². The van der Waals surface area contributed by atoms with Gasteiger partial charge in [-0.15, -0.1) is 0 Å². The number of ketones is 2. The molecule has 1 saturated heterocycles. The summed E-state index contributed by atoms with van der Waals surface area (Å²) in [5.74, 6) is -0.685. The second-order valence-electron chi connectivity index (χ2n) is 15.4. The van der Waals surface area contributed by atoms with Gasteiger partial charge in [-0.3, -0.25) is 14.4 Å². The van der Waals surface area contributed by atoms with Crippen LogP contribution in [0.5, 0.6) is 17.2 Å². The summed E-state index contributed by atoms with van der Waals surface area (Å²) in [6.45, 7) is 18.4. The van der Waals surface area contributed by atoms with Crippen molar-refractivity contribution in [1.29, 1.82) is 0 Å². The van der Waals surface area contributed by atoms with E-state index in [9.17, 15) is 19.5 Å². The van der Waals surface area contributed by atoms with Gasteiger partial charge in [-0.1, -0.05) is 29.9 Å². The van der Waals surface area contributed by atoms with E-state index in [0.717, 1.165) is 24.0 Å². The molecule has 8 nitrogen and oxygen atoms in total. The molecule has 0 aromatic heterocycles. The monoisotopic (exact) mass is 628 g/mol. The van der Waals surface area contributed by atoms with E-state index < -0.39 is 34.4 Å². The van der Waals surface area contributed by atoms with Gasteiger partial charge in [0, 0.05) is 34.5 Å². The van der Waals surface area contributed by atoms with Crippen LogP contribution in [-0.4, -0.2) is 51.7 Å². The van der Waals surface area contributed by atoms with Gasteiger partial charge in [-0.2, -0.15) is 0 Å². The van der Waals surface area contributed by atoms with Crippen LogP contribution in [0.15, 0.2) is 47.6 Å². The van der Waals surface area contributed by atoms with Gasteiger partial charge >= 0.3 is 0 Å². The van der Waals surface area contributed by atoms with E-state index in [2.05, 4.69) is 19.6 Å². The highest BCUT2D eigenvalue weighted by atomic mass is 16.6. The Bertz CT molecular complexity index is 1690. The number of fused-ring (bicyclic) bond motifs is 5. The fourth-order valence-corrected chi connectivity index (χ4v) is 9.52. The number of phenolic OH excluding ortho intramolecular Hbond substituents is 1. The number of ether oxygens (including phenoxy) is 4. The maximum Gasteiger partial charge on any atom is 0.293 e. The predicted molar refractivity (Wildman–Crippen MR) is 171 cm³/mol. The third-order valence-electron chi connectivity index (χ3n) is 11.6. The number of rotatable bonds is 7. The molecule has 4 aliphatic carbocycles. The highest BCUT2D eigenvalue weighted by Gasteiger charge is 2.81. The first-order valence-electron chi connectivity index (χ1n) is 16.5. The summed E-state index contributed by atoms with van der Waals surface area (Å²) in [4.78, 5) is 40.4. The largest absolute Gasteiger partial charge is 0.507 e. The number of carbonyl (C=O) groups is 3. The lowest BCUT2D eigenvalue weighted by Gasteiger charge is -2.56. The van der Waals surface area contributed by atoms with Crippen molar-refractivity contribution < 1.29 is 38.4 Å². The molecule has 8 rings (SSSR count). The quantitative estimate of drug-likeness (QED) is 0.265. The van der Waals surface area contributed by atoms with Crippen LogP contribution in [0.1, 0.15) is 102 Å². The zero-order valence-corrected chi connectivity index (χ0v) is 27.8. The van der Waals surface area contributed by atoms with Crippen molar-refractivity contribution in [1.82, 2.24) is 0 Å². The van der Waals surface area contributed by atoms with E-state index in [-0.39, 0.29) is 46.4 Å². The summed E-state index contributed by atoms with van der Waals surface area (Å²) in [5.41, 5.74) is -0.480. The Kier molecular flexibility index (Phi) is 6.68. The Hall–Kier alpha value is -3.65. The van der Waals surface area contributed by atoms with Crippen molar-refractivity contribution in [2.24, 2.45) is 17.8 Å². The molecular formula is C38H44O8. The molecule has 1 aromatic rings. The Morgan fingerprint density at radius 3 is 2.59 bits per heavy atom. The fourth-order valence-electron chi connectivity index (χ4n) is 9.52. The van der Waals surface area contributed by atoms with Crippen LogP contribution in [0.25, 0.3) is 0 Å². The van der Waals surface area contributed by atoms with Crippen molar-refractivity contribution in [3.8, 4) is 17.2 Å². The highest BCUT2D eigenvalue weighted by molar-refractivity contribution is 6.19. The van der Waals surface area contributed by atoms with E-state index in [1.165, 1.54) is 0 Å². The third kappa shape index (κ3) is 3.91. The average molecular weight is 629 g/mol. The number of aromatic hydroxyl groups is 1. The Morgan fingerprint density at radius 1 is 1.17 bits per heavy atom. The van der Waals surface area contributed by atoms with Gasteiger partial charge in [0.15, 0.2) is 22.8 Å². The van der Waals surface area contributed by atoms with E-state index in [4.69, 9.17) is 18.9 Å². The lowest BCUT2D eigenvalue weighted by atomic mass is 9.51. The molecule has 1 aromatic carbocycles. The average Bonchev–Trinajstić information content (AvgIpc) is 3.12. The van der Waals surface area contributed by atoms with Crippen LogP contribution in [-0.2, 0) is 25.5 Å². The fraction of sp³-hybridized carbons (Fsp3) is 0.553. The van der Waals surface area contributed by atoms with E-state index in [1.54, 1.807) is 25.2 Å². The smallest absolute Gasteiger partial charge is 0.293 e. The molecule has 244 valence electrons. The number of carbonyl (C=O) groups excluding carboxylic acids is 3.